The fraction of sp³-hybridized carbons (Fsp3) is 0.333. The van der Waals surface area contributed by atoms with Gasteiger partial charge in [0.15, 0.2) is 5.75 Å². The SMILES string of the molecule is Fc1ccc(Oc2cnc(CC3CCNC3)nc2)cc1. The Labute approximate surface area is 117 Å². The van der Waals surface area contributed by atoms with Gasteiger partial charge in [0.25, 0.3) is 0 Å². The first-order chi connectivity index (χ1) is 9.79. The van der Waals surface area contributed by atoms with Crippen molar-refractivity contribution in [2.24, 2.45) is 5.92 Å². The second-order valence-corrected chi connectivity index (χ2v) is 4.95. The van der Waals surface area contributed by atoms with Crippen molar-refractivity contribution in [3.8, 4) is 11.5 Å². The van der Waals surface area contributed by atoms with E-state index in [4.69, 9.17) is 4.74 Å². The van der Waals surface area contributed by atoms with Gasteiger partial charge in [-0.3, -0.25) is 0 Å². The lowest BCUT2D eigenvalue weighted by Gasteiger charge is -2.08. The molecule has 0 saturated carbocycles. The monoisotopic (exact) mass is 273 g/mol. The van der Waals surface area contributed by atoms with Crippen molar-refractivity contribution in [1.82, 2.24) is 15.3 Å². The maximum absolute atomic E-state index is 12.8. The van der Waals surface area contributed by atoms with Crippen molar-refractivity contribution in [3.63, 3.8) is 0 Å². The van der Waals surface area contributed by atoms with Gasteiger partial charge in [-0.1, -0.05) is 0 Å². The number of hydrogen-bond acceptors (Lipinski definition) is 4. The molecule has 104 valence electrons. The summed E-state index contributed by atoms with van der Waals surface area (Å²) in [4.78, 5) is 8.64. The summed E-state index contributed by atoms with van der Waals surface area (Å²) in [6, 6.07) is 5.87. The molecule has 1 aliphatic rings. The van der Waals surface area contributed by atoms with Gasteiger partial charge in [0.1, 0.15) is 17.4 Å². The maximum atomic E-state index is 12.8. The Hall–Kier alpha value is -2.01. The standard InChI is InChI=1S/C15H16FN3O/c16-12-1-3-13(4-2-12)20-14-9-18-15(19-10-14)7-11-5-6-17-8-11/h1-4,9-11,17H,5-8H2. The summed E-state index contributed by atoms with van der Waals surface area (Å²) in [6.07, 6.45) is 5.39. The van der Waals surface area contributed by atoms with Crippen LogP contribution in [0.1, 0.15) is 12.2 Å². The van der Waals surface area contributed by atoms with Crippen molar-refractivity contribution in [2.75, 3.05) is 13.1 Å². The van der Waals surface area contributed by atoms with Gasteiger partial charge in [-0.05, 0) is 49.7 Å². The summed E-state index contributed by atoms with van der Waals surface area (Å²) in [7, 11) is 0. The molecule has 1 fully saturated rings. The van der Waals surface area contributed by atoms with Crippen LogP contribution in [0.5, 0.6) is 11.5 Å². The molecule has 0 aliphatic carbocycles. The Balaban J connectivity index is 1.62. The lowest BCUT2D eigenvalue weighted by molar-refractivity contribution is 0.472. The molecule has 0 bridgehead atoms. The predicted octanol–water partition coefficient (Wildman–Crippen LogP) is 2.56. The number of benzene rings is 1. The third kappa shape index (κ3) is 3.30. The molecule has 20 heavy (non-hydrogen) atoms. The molecule has 1 saturated heterocycles. The fourth-order valence-corrected chi connectivity index (χ4v) is 2.29. The quantitative estimate of drug-likeness (QED) is 0.930. The summed E-state index contributed by atoms with van der Waals surface area (Å²) < 4.78 is 18.3. The van der Waals surface area contributed by atoms with Crippen molar-refractivity contribution < 1.29 is 9.13 Å². The molecular weight excluding hydrogens is 257 g/mol. The maximum Gasteiger partial charge on any atom is 0.164 e. The Morgan fingerprint density at radius 1 is 1.15 bits per heavy atom. The highest BCUT2D eigenvalue weighted by molar-refractivity contribution is 5.28. The van der Waals surface area contributed by atoms with Gasteiger partial charge in [0, 0.05) is 6.42 Å². The Kier molecular flexibility index (Phi) is 3.87. The van der Waals surface area contributed by atoms with Crippen LogP contribution in [0, 0.1) is 11.7 Å². The molecule has 0 spiro atoms. The van der Waals surface area contributed by atoms with Gasteiger partial charge in [0.05, 0.1) is 12.4 Å². The van der Waals surface area contributed by atoms with E-state index in [0.717, 1.165) is 25.3 Å². The van der Waals surface area contributed by atoms with E-state index in [-0.39, 0.29) is 5.82 Å². The molecule has 1 aliphatic heterocycles. The van der Waals surface area contributed by atoms with E-state index in [1.807, 2.05) is 0 Å². The number of aromatic nitrogens is 2. The first kappa shape index (κ1) is 13.0. The van der Waals surface area contributed by atoms with E-state index in [0.29, 0.717) is 17.4 Å². The zero-order valence-corrected chi connectivity index (χ0v) is 11.1. The minimum Gasteiger partial charge on any atom is -0.454 e. The minimum absolute atomic E-state index is 0.283. The molecule has 3 rings (SSSR count). The third-order valence-electron chi connectivity index (χ3n) is 3.36. The molecule has 5 heteroatoms. The number of nitrogens with zero attached hydrogens (tertiary/aromatic N) is 2. The molecule has 2 aromatic rings. The van der Waals surface area contributed by atoms with Gasteiger partial charge in [-0.15, -0.1) is 0 Å². The topological polar surface area (TPSA) is 47.0 Å². The van der Waals surface area contributed by atoms with Crippen LogP contribution >= 0.6 is 0 Å². The summed E-state index contributed by atoms with van der Waals surface area (Å²) in [6.45, 7) is 2.12. The lowest BCUT2D eigenvalue weighted by atomic mass is 10.1. The van der Waals surface area contributed by atoms with E-state index in [9.17, 15) is 4.39 Å². The lowest BCUT2D eigenvalue weighted by Crippen LogP contribution is -2.12. The fourth-order valence-electron chi connectivity index (χ4n) is 2.29. The zero-order valence-electron chi connectivity index (χ0n) is 11.1. The summed E-state index contributed by atoms with van der Waals surface area (Å²) in [5, 5.41) is 3.33. The van der Waals surface area contributed by atoms with E-state index >= 15 is 0 Å². The molecule has 1 atom stereocenters. The van der Waals surface area contributed by atoms with Crippen molar-refractivity contribution in [1.29, 1.82) is 0 Å². The first-order valence-electron chi connectivity index (χ1n) is 6.74. The van der Waals surface area contributed by atoms with Crippen LogP contribution in [0.2, 0.25) is 0 Å². The molecule has 1 aromatic heterocycles. The van der Waals surface area contributed by atoms with Crippen molar-refractivity contribution in [3.05, 3.63) is 48.3 Å². The van der Waals surface area contributed by atoms with Crippen molar-refractivity contribution >= 4 is 0 Å². The molecule has 1 N–H and O–H groups in total. The van der Waals surface area contributed by atoms with Gasteiger partial charge in [0.2, 0.25) is 0 Å². The number of hydrogen-bond donors (Lipinski definition) is 1. The second kappa shape index (κ2) is 5.96. The van der Waals surface area contributed by atoms with Crippen molar-refractivity contribution in [2.45, 2.75) is 12.8 Å². The van der Waals surface area contributed by atoms with Crippen LogP contribution in [0.15, 0.2) is 36.7 Å². The number of rotatable bonds is 4. The normalized spacial score (nSPS) is 18.1. The molecule has 4 nitrogen and oxygen atoms in total. The number of nitrogens with one attached hydrogen (secondary N) is 1. The molecule has 0 amide bonds. The van der Waals surface area contributed by atoms with Crippen LogP contribution in [0.4, 0.5) is 4.39 Å². The number of ether oxygens (including phenoxy) is 1. The van der Waals surface area contributed by atoms with Crippen LogP contribution < -0.4 is 10.1 Å². The minimum atomic E-state index is -0.283. The van der Waals surface area contributed by atoms with Gasteiger partial charge in [-0.2, -0.15) is 0 Å². The van der Waals surface area contributed by atoms with Gasteiger partial charge < -0.3 is 10.1 Å². The van der Waals surface area contributed by atoms with Gasteiger partial charge in [-0.25, -0.2) is 14.4 Å². The van der Waals surface area contributed by atoms with Crippen LogP contribution in [-0.2, 0) is 6.42 Å². The summed E-state index contributed by atoms with van der Waals surface area (Å²) in [5.74, 6) is 2.31. The summed E-state index contributed by atoms with van der Waals surface area (Å²) in [5.41, 5.74) is 0. The highest BCUT2D eigenvalue weighted by Gasteiger charge is 2.16. The van der Waals surface area contributed by atoms with E-state index < -0.39 is 0 Å². The molecule has 1 aromatic carbocycles. The van der Waals surface area contributed by atoms with E-state index in [2.05, 4.69) is 15.3 Å². The van der Waals surface area contributed by atoms with Crippen LogP contribution in [0.25, 0.3) is 0 Å². The zero-order chi connectivity index (χ0) is 13.8. The Bertz CT molecular complexity index is 550. The molecular formula is C15H16FN3O. The predicted molar refractivity (Wildman–Crippen MR) is 73.2 cm³/mol. The Morgan fingerprint density at radius 3 is 2.55 bits per heavy atom. The summed E-state index contributed by atoms with van der Waals surface area (Å²) >= 11 is 0. The molecule has 2 heterocycles. The molecule has 0 radical (unpaired) electrons. The number of halogens is 1. The first-order valence-corrected chi connectivity index (χ1v) is 6.74. The van der Waals surface area contributed by atoms with E-state index in [1.54, 1.807) is 24.5 Å². The van der Waals surface area contributed by atoms with Gasteiger partial charge >= 0.3 is 0 Å². The third-order valence-corrected chi connectivity index (χ3v) is 3.36. The smallest absolute Gasteiger partial charge is 0.164 e. The Morgan fingerprint density at radius 2 is 1.90 bits per heavy atom. The van der Waals surface area contributed by atoms with Crippen LogP contribution in [0.3, 0.4) is 0 Å². The highest BCUT2D eigenvalue weighted by atomic mass is 19.1. The van der Waals surface area contributed by atoms with E-state index in [1.165, 1.54) is 18.6 Å². The largest absolute Gasteiger partial charge is 0.454 e. The second-order valence-electron chi connectivity index (χ2n) is 4.95. The average molecular weight is 273 g/mol. The van der Waals surface area contributed by atoms with Crippen LogP contribution in [-0.4, -0.2) is 23.1 Å². The molecule has 1 unspecified atom stereocenters. The highest BCUT2D eigenvalue weighted by Crippen LogP contribution is 2.20. The average Bonchev–Trinajstić information content (AvgIpc) is 2.96.